The molecule has 0 spiro atoms. The van der Waals surface area contributed by atoms with Crippen LogP contribution in [0.3, 0.4) is 0 Å². The van der Waals surface area contributed by atoms with Crippen LogP contribution in [0.25, 0.3) is 0 Å². The van der Waals surface area contributed by atoms with E-state index in [2.05, 4.69) is 15.6 Å². The van der Waals surface area contributed by atoms with Gasteiger partial charge in [-0.1, -0.05) is 31.0 Å². The zero-order valence-corrected chi connectivity index (χ0v) is 17.1. The van der Waals surface area contributed by atoms with Crippen LogP contribution in [-0.2, 0) is 16.1 Å². The number of nitrogens with one attached hydrogen (secondary N) is 2. The molecule has 2 rings (SSSR count). The first-order valence-electron chi connectivity index (χ1n) is 9.86. The summed E-state index contributed by atoms with van der Waals surface area (Å²) in [6.45, 7) is 3.62. The van der Waals surface area contributed by atoms with Crippen LogP contribution in [0.2, 0.25) is 0 Å². The molecule has 0 heterocycles. The van der Waals surface area contributed by atoms with Crippen molar-refractivity contribution >= 4 is 5.96 Å². The maximum atomic E-state index is 5.77. The number of hydrogen-bond donors (Lipinski definition) is 2. The van der Waals surface area contributed by atoms with E-state index in [0.29, 0.717) is 25.2 Å². The first kappa shape index (κ1) is 21.5. The van der Waals surface area contributed by atoms with E-state index in [1.807, 2.05) is 31.3 Å². The van der Waals surface area contributed by atoms with Crippen LogP contribution in [0.4, 0.5) is 0 Å². The summed E-state index contributed by atoms with van der Waals surface area (Å²) in [7, 11) is 5.27. The number of ether oxygens (including phenoxy) is 3. The molecule has 0 bridgehead atoms. The highest BCUT2D eigenvalue weighted by Gasteiger charge is 2.33. The molecular weight excluding hydrogens is 342 g/mol. The van der Waals surface area contributed by atoms with E-state index >= 15 is 0 Å². The fraction of sp³-hybridized carbons (Fsp3) is 0.667. The van der Waals surface area contributed by atoms with Crippen molar-refractivity contribution in [1.29, 1.82) is 0 Å². The molecule has 152 valence electrons. The van der Waals surface area contributed by atoms with Gasteiger partial charge in [0.15, 0.2) is 5.96 Å². The molecule has 0 atom stereocenters. The van der Waals surface area contributed by atoms with E-state index in [4.69, 9.17) is 14.2 Å². The Hall–Kier alpha value is -1.79. The minimum Gasteiger partial charge on any atom is -0.496 e. The van der Waals surface area contributed by atoms with Gasteiger partial charge in [0, 0.05) is 39.4 Å². The second kappa shape index (κ2) is 11.8. The summed E-state index contributed by atoms with van der Waals surface area (Å²) in [5.74, 6) is 1.69. The van der Waals surface area contributed by atoms with Gasteiger partial charge in [0.2, 0.25) is 0 Å². The Morgan fingerprint density at radius 1 is 1.11 bits per heavy atom. The first-order chi connectivity index (χ1) is 13.2. The van der Waals surface area contributed by atoms with Gasteiger partial charge in [-0.25, -0.2) is 0 Å². The lowest BCUT2D eigenvalue weighted by molar-refractivity contribution is 0.123. The molecule has 2 N–H and O–H groups in total. The average Bonchev–Trinajstić information content (AvgIpc) is 3.18. The Morgan fingerprint density at radius 3 is 2.59 bits per heavy atom. The van der Waals surface area contributed by atoms with Crippen LogP contribution in [0.1, 0.15) is 37.7 Å². The quantitative estimate of drug-likeness (QED) is 0.353. The maximum absolute atomic E-state index is 5.77. The molecule has 0 amide bonds. The van der Waals surface area contributed by atoms with Gasteiger partial charge in [-0.15, -0.1) is 0 Å². The average molecular weight is 378 g/mol. The molecule has 0 aliphatic heterocycles. The summed E-state index contributed by atoms with van der Waals surface area (Å²) in [5.41, 5.74) is 1.40. The van der Waals surface area contributed by atoms with Crippen LogP contribution in [0.15, 0.2) is 29.3 Å². The standard InChI is InChI=1S/C21H35N3O3/c1-22-20(24-17-21(12-14-25-2)10-6-7-11-21)23-13-15-27-16-18-8-4-5-9-19(18)26-3/h4-5,8-9H,6-7,10-17H2,1-3H3,(H2,22,23,24). The van der Waals surface area contributed by atoms with Gasteiger partial charge < -0.3 is 24.8 Å². The van der Waals surface area contributed by atoms with E-state index in [0.717, 1.165) is 36.8 Å². The highest BCUT2D eigenvalue weighted by Crippen LogP contribution is 2.40. The molecule has 1 aromatic rings. The van der Waals surface area contributed by atoms with E-state index < -0.39 is 0 Å². The van der Waals surface area contributed by atoms with E-state index in [1.165, 1.54) is 25.7 Å². The number of methoxy groups -OCH3 is 2. The van der Waals surface area contributed by atoms with Gasteiger partial charge in [-0.3, -0.25) is 4.99 Å². The van der Waals surface area contributed by atoms with Crippen molar-refractivity contribution in [2.45, 2.75) is 38.7 Å². The summed E-state index contributed by atoms with van der Waals surface area (Å²) in [6.07, 6.45) is 6.27. The number of aliphatic imine (C=N–C) groups is 1. The third kappa shape index (κ3) is 7.03. The number of rotatable bonds is 11. The van der Waals surface area contributed by atoms with Gasteiger partial charge >= 0.3 is 0 Å². The second-order valence-electron chi connectivity index (χ2n) is 7.17. The SMILES string of the molecule is CN=C(NCCOCc1ccccc1OC)NCC1(CCOC)CCCC1. The molecule has 6 nitrogen and oxygen atoms in total. The molecule has 0 radical (unpaired) electrons. The molecule has 27 heavy (non-hydrogen) atoms. The molecule has 1 aliphatic carbocycles. The number of benzene rings is 1. The molecule has 1 aromatic carbocycles. The Kier molecular flexibility index (Phi) is 9.42. The summed E-state index contributed by atoms with van der Waals surface area (Å²) in [6, 6.07) is 7.93. The molecule has 1 saturated carbocycles. The van der Waals surface area contributed by atoms with Crippen LogP contribution < -0.4 is 15.4 Å². The molecular formula is C21H35N3O3. The maximum Gasteiger partial charge on any atom is 0.191 e. The second-order valence-corrected chi connectivity index (χ2v) is 7.17. The lowest BCUT2D eigenvalue weighted by Gasteiger charge is -2.29. The first-order valence-corrected chi connectivity index (χ1v) is 9.86. The smallest absolute Gasteiger partial charge is 0.191 e. The topological polar surface area (TPSA) is 64.1 Å². The van der Waals surface area contributed by atoms with Gasteiger partial charge in [0.1, 0.15) is 5.75 Å². The third-order valence-electron chi connectivity index (χ3n) is 5.34. The normalized spacial score (nSPS) is 16.3. The summed E-state index contributed by atoms with van der Waals surface area (Å²) < 4.78 is 16.4. The molecule has 0 saturated heterocycles. The number of para-hydroxylation sites is 1. The highest BCUT2D eigenvalue weighted by atomic mass is 16.5. The Morgan fingerprint density at radius 2 is 1.89 bits per heavy atom. The van der Waals surface area contributed by atoms with Crippen molar-refractivity contribution < 1.29 is 14.2 Å². The molecule has 0 aromatic heterocycles. The minimum atomic E-state index is 0.341. The summed E-state index contributed by atoms with van der Waals surface area (Å²) >= 11 is 0. The number of hydrogen-bond acceptors (Lipinski definition) is 4. The Bertz CT molecular complexity index is 572. The number of nitrogens with zero attached hydrogens (tertiary/aromatic N) is 1. The molecule has 6 heteroatoms. The fourth-order valence-corrected chi connectivity index (χ4v) is 3.70. The predicted octanol–water partition coefficient (Wildman–Crippen LogP) is 2.97. The van der Waals surface area contributed by atoms with Gasteiger partial charge in [-0.05, 0) is 30.7 Å². The minimum absolute atomic E-state index is 0.341. The summed E-state index contributed by atoms with van der Waals surface area (Å²) in [5, 5.41) is 6.83. The van der Waals surface area contributed by atoms with Crippen molar-refractivity contribution in [2.75, 3.05) is 47.6 Å². The van der Waals surface area contributed by atoms with Crippen molar-refractivity contribution in [3.8, 4) is 5.75 Å². The van der Waals surface area contributed by atoms with Gasteiger partial charge in [0.05, 0.1) is 20.3 Å². The van der Waals surface area contributed by atoms with Crippen LogP contribution in [-0.4, -0.2) is 53.5 Å². The molecule has 1 fully saturated rings. The highest BCUT2D eigenvalue weighted by molar-refractivity contribution is 5.79. The molecule has 0 unspecified atom stereocenters. The Balaban J connectivity index is 1.68. The predicted molar refractivity (Wildman–Crippen MR) is 109 cm³/mol. The van der Waals surface area contributed by atoms with Crippen molar-refractivity contribution in [2.24, 2.45) is 10.4 Å². The van der Waals surface area contributed by atoms with Crippen molar-refractivity contribution in [1.82, 2.24) is 10.6 Å². The van der Waals surface area contributed by atoms with Crippen LogP contribution >= 0.6 is 0 Å². The lowest BCUT2D eigenvalue weighted by Crippen LogP contribution is -2.44. The van der Waals surface area contributed by atoms with Gasteiger partial charge in [0.25, 0.3) is 0 Å². The zero-order chi connectivity index (χ0) is 19.4. The zero-order valence-electron chi connectivity index (χ0n) is 17.1. The van der Waals surface area contributed by atoms with Gasteiger partial charge in [-0.2, -0.15) is 0 Å². The lowest BCUT2D eigenvalue weighted by atomic mass is 9.83. The third-order valence-corrected chi connectivity index (χ3v) is 5.34. The Labute approximate surface area is 163 Å². The van der Waals surface area contributed by atoms with Crippen molar-refractivity contribution in [3.63, 3.8) is 0 Å². The fourth-order valence-electron chi connectivity index (χ4n) is 3.70. The molecule has 1 aliphatic rings. The largest absolute Gasteiger partial charge is 0.496 e. The monoisotopic (exact) mass is 377 g/mol. The van der Waals surface area contributed by atoms with E-state index in [9.17, 15) is 0 Å². The van der Waals surface area contributed by atoms with E-state index in [1.54, 1.807) is 14.2 Å². The van der Waals surface area contributed by atoms with E-state index in [-0.39, 0.29) is 0 Å². The van der Waals surface area contributed by atoms with Crippen molar-refractivity contribution in [3.05, 3.63) is 29.8 Å². The van der Waals surface area contributed by atoms with Crippen LogP contribution in [0.5, 0.6) is 5.75 Å². The number of guanidine groups is 1. The van der Waals surface area contributed by atoms with Crippen LogP contribution in [0, 0.1) is 5.41 Å². The summed E-state index contributed by atoms with van der Waals surface area (Å²) in [4.78, 5) is 4.33.